The Balaban J connectivity index is 1.19. The average molecular weight is 454 g/mol. The molecule has 1 fully saturated rings. The molecule has 1 N–H and O–H groups in total. The van der Waals surface area contributed by atoms with Gasteiger partial charge in [-0.2, -0.15) is 0 Å². The molecule has 3 aromatic carbocycles. The first kappa shape index (κ1) is 21.9. The number of amides is 3. The molecule has 3 amide bonds. The standard InChI is InChI=1S/C28H27N3O3/c1-19-6-8-20(9-7-19)17-30-18-23(16-26(30)32)27(33)29-24-12-10-22(11-13-24)28(34)31-15-14-21-4-2-3-5-25(21)31/h2-13,23H,14-18H2,1H3,(H,29,33). The number of para-hydroxylation sites is 1. The van der Waals surface area contributed by atoms with Gasteiger partial charge in [0, 0.05) is 43.0 Å². The average Bonchev–Trinajstić information content (AvgIpc) is 3.44. The summed E-state index contributed by atoms with van der Waals surface area (Å²) >= 11 is 0. The number of fused-ring (bicyclic) bond motifs is 1. The lowest BCUT2D eigenvalue weighted by molar-refractivity contribution is -0.128. The molecule has 1 saturated heterocycles. The van der Waals surface area contributed by atoms with E-state index in [0.717, 1.165) is 17.7 Å². The van der Waals surface area contributed by atoms with E-state index in [1.165, 1.54) is 11.1 Å². The van der Waals surface area contributed by atoms with Gasteiger partial charge in [0.1, 0.15) is 0 Å². The van der Waals surface area contributed by atoms with E-state index in [9.17, 15) is 14.4 Å². The number of hydrogen-bond acceptors (Lipinski definition) is 3. The highest BCUT2D eigenvalue weighted by Gasteiger charge is 2.34. The molecular formula is C28H27N3O3. The maximum Gasteiger partial charge on any atom is 0.258 e. The first-order valence-electron chi connectivity index (χ1n) is 11.6. The van der Waals surface area contributed by atoms with Crippen molar-refractivity contribution in [2.75, 3.05) is 23.3 Å². The number of anilines is 2. The van der Waals surface area contributed by atoms with Gasteiger partial charge in [-0.25, -0.2) is 0 Å². The summed E-state index contributed by atoms with van der Waals surface area (Å²) in [5.74, 6) is -0.615. The van der Waals surface area contributed by atoms with Crippen LogP contribution < -0.4 is 10.2 Å². The lowest BCUT2D eigenvalue weighted by atomic mass is 10.1. The normalized spacial score (nSPS) is 17.1. The van der Waals surface area contributed by atoms with E-state index in [2.05, 4.69) is 11.4 Å². The molecule has 0 radical (unpaired) electrons. The maximum atomic E-state index is 13.0. The van der Waals surface area contributed by atoms with E-state index in [1.807, 2.05) is 49.4 Å². The number of likely N-dealkylation sites (tertiary alicyclic amines) is 1. The van der Waals surface area contributed by atoms with Crippen molar-refractivity contribution in [1.82, 2.24) is 4.90 Å². The zero-order valence-electron chi connectivity index (χ0n) is 19.2. The van der Waals surface area contributed by atoms with Gasteiger partial charge < -0.3 is 15.1 Å². The van der Waals surface area contributed by atoms with E-state index >= 15 is 0 Å². The zero-order valence-corrected chi connectivity index (χ0v) is 19.2. The van der Waals surface area contributed by atoms with Crippen LogP contribution in [0.25, 0.3) is 0 Å². The van der Waals surface area contributed by atoms with Crippen LogP contribution in [0.15, 0.2) is 72.8 Å². The molecule has 3 aromatic rings. The lowest BCUT2D eigenvalue weighted by Gasteiger charge is -2.18. The number of benzene rings is 3. The van der Waals surface area contributed by atoms with E-state index in [-0.39, 0.29) is 30.1 Å². The highest BCUT2D eigenvalue weighted by molar-refractivity contribution is 6.07. The van der Waals surface area contributed by atoms with Gasteiger partial charge in [-0.15, -0.1) is 0 Å². The second kappa shape index (κ2) is 9.14. The minimum absolute atomic E-state index is 0.00689. The third kappa shape index (κ3) is 4.44. The number of nitrogens with zero attached hydrogens (tertiary/aromatic N) is 2. The van der Waals surface area contributed by atoms with Crippen LogP contribution in [0.5, 0.6) is 0 Å². The van der Waals surface area contributed by atoms with E-state index in [1.54, 1.807) is 34.1 Å². The number of hydrogen-bond donors (Lipinski definition) is 1. The molecule has 6 nitrogen and oxygen atoms in total. The first-order chi connectivity index (χ1) is 16.5. The lowest BCUT2D eigenvalue weighted by Crippen LogP contribution is -2.29. The number of nitrogens with one attached hydrogen (secondary N) is 1. The summed E-state index contributed by atoms with van der Waals surface area (Å²) in [6, 6.07) is 23.0. The molecule has 0 aromatic heterocycles. The topological polar surface area (TPSA) is 69.7 Å². The molecule has 2 aliphatic rings. The zero-order chi connectivity index (χ0) is 23.7. The molecule has 1 unspecified atom stereocenters. The second-order valence-corrected chi connectivity index (χ2v) is 9.06. The van der Waals surface area contributed by atoms with Crippen molar-refractivity contribution in [2.24, 2.45) is 5.92 Å². The van der Waals surface area contributed by atoms with Crippen molar-refractivity contribution < 1.29 is 14.4 Å². The van der Waals surface area contributed by atoms with Gasteiger partial charge in [-0.3, -0.25) is 14.4 Å². The summed E-state index contributed by atoms with van der Waals surface area (Å²) in [6.07, 6.45) is 1.07. The Hall–Kier alpha value is -3.93. The summed E-state index contributed by atoms with van der Waals surface area (Å²) in [5, 5.41) is 2.90. The Bertz CT molecular complexity index is 1230. The molecule has 172 valence electrons. The molecule has 5 rings (SSSR count). The predicted molar refractivity (Wildman–Crippen MR) is 132 cm³/mol. The Morgan fingerprint density at radius 3 is 2.47 bits per heavy atom. The fourth-order valence-corrected chi connectivity index (χ4v) is 4.66. The third-order valence-corrected chi connectivity index (χ3v) is 6.61. The Morgan fingerprint density at radius 2 is 1.71 bits per heavy atom. The summed E-state index contributed by atoms with van der Waals surface area (Å²) in [4.78, 5) is 41.8. The van der Waals surface area contributed by atoms with Gasteiger partial charge in [0.05, 0.1) is 5.92 Å². The van der Waals surface area contributed by atoms with Crippen molar-refractivity contribution in [3.8, 4) is 0 Å². The number of carbonyl (C=O) groups is 3. The largest absolute Gasteiger partial charge is 0.338 e. The molecular weight excluding hydrogens is 426 g/mol. The minimum atomic E-state index is -0.389. The highest BCUT2D eigenvalue weighted by atomic mass is 16.2. The molecule has 0 spiro atoms. The quantitative estimate of drug-likeness (QED) is 0.630. The van der Waals surface area contributed by atoms with Crippen molar-refractivity contribution in [3.63, 3.8) is 0 Å². The third-order valence-electron chi connectivity index (χ3n) is 6.61. The van der Waals surface area contributed by atoms with Crippen LogP contribution >= 0.6 is 0 Å². The van der Waals surface area contributed by atoms with Crippen LogP contribution in [0.2, 0.25) is 0 Å². The molecule has 2 aliphatic heterocycles. The Kier molecular flexibility index (Phi) is 5.88. The van der Waals surface area contributed by atoms with Crippen LogP contribution in [0.1, 0.15) is 33.5 Å². The summed E-state index contributed by atoms with van der Waals surface area (Å²) in [6.45, 7) is 3.62. The van der Waals surface area contributed by atoms with Crippen LogP contribution in [-0.4, -0.2) is 35.7 Å². The first-order valence-corrected chi connectivity index (χ1v) is 11.6. The molecule has 1 atom stereocenters. The SMILES string of the molecule is Cc1ccc(CN2CC(C(=O)Nc3ccc(C(=O)N4CCc5ccccc54)cc3)CC2=O)cc1. The van der Waals surface area contributed by atoms with Gasteiger partial charge in [0.2, 0.25) is 11.8 Å². The summed E-state index contributed by atoms with van der Waals surface area (Å²) < 4.78 is 0. The van der Waals surface area contributed by atoms with Crippen LogP contribution in [0.3, 0.4) is 0 Å². The van der Waals surface area contributed by atoms with Gasteiger partial charge in [-0.05, 0) is 54.8 Å². The van der Waals surface area contributed by atoms with Crippen LogP contribution in [-0.2, 0) is 22.6 Å². The molecule has 0 bridgehead atoms. The number of rotatable bonds is 5. The Morgan fingerprint density at radius 1 is 0.971 bits per heavy atom. The fourth-order valence-electron chi connectivity index (χ4n) is 4.66. The Labute approximate surface area is 199 Å². The smallest absolute Gasteiger partial charge is 0.258 e. The minimum Gasteiger partial charge on any atom is -0.338 e. The van der Waals surface area contributed by atoms with Gasteiger partial charge in [0.15, 0.2) is 0 Å². The van der Waals surface area contributed by atoms with Crippen molar-refractivity contribution in [1.29, 1.82) is 0 Å². The van der Waals surface area contributed by atoms with E-state index < -0.39 is 0 Å². The summed E-state index contributed by atoms with van der Waals surface area (Å²) in [7, 11) is 0. The van der Waals surface area contributed by atoms with Crippen LogP contribution in [0.4, 0.5) is 11.4 Å². The van der Waals surface area contributed by atoms with Gasteiger partial charge >= 0.3 is 0 Å². The van der Waals surface area contributed by atoms with E-state index in [4.69, 9.17) is 0 Å². The number of aryl methyl sites for hydroxylation is 1. The molecule has 34 heavy (non-hydrogen) atoms. The monoisotopic (exact) mass is 453 g/mol. The maximum absolute atomic E-state index is 13.0. The molecule has 0 aliphatic carbocycles. The second-order valence-electron chi connectivity index (χ2n) is 9.06. The van der Waals surface area contributed by atoms with Gasteiger partial charge in [0.25, 0.3) is 5.91 Å². The van der Waals surface area contributed by atoms with Crippen molar-refractivity contribution in [3.05, 3.63) is 95.1 Å². The van der Waals surface area contributed by atoms with Crippen molar-refractivity contribution in [2.45, 2.75) is 26.3 Å². The molecule has 2 heterocycles. The van der Waals surface area contributed by atoms with Crippen molar-refractivity contribution >= 4 is 29.1 Å². The van der Waals surface area contributed by atoms with Crippen LogP contribution in [0, 0.1) is 12.8 Å². The van der Waals surface area contributed by atoms with Gasteiger partial charge in [-0.1, -0.05) is 48.0 Å². The summed E-state index contributed by atoms with van der Waals surface area (Å²) in [5.41, 5.74) is 5.57. The number of carbonyl (C=O) groups excluding carboxylic acids is 3. The van der Waals surface area contributed by atoms with E-state index in [0.29, 0.717) is 30.9 Å². The fraction of sp³-hybridized carbons (Fsp3) is 0.250. The highest BCUT2D eigenvalue weighted by Crippen LogP contribution is 2.29. The molecule has 0 saturated carbocycles. The predicted octanol–water partition coefficient (Wildman–Crippen LogP) is 4.19. The molecule has 6 heteroatoms.